The minimum absolute atomic E-state index is 0.0569. The van der Waals surface area contributed by atoms with Crippen LogP contribution in [0.25, 0.3) is 22.6 Å². The average molecular weight is 344 g/mol. The van der Waals surface area contributed by atoms with Crippen molar-refractivity contribution in [2.24, 2.45) is 0 Å². The number of hydrogen-bond donors (Lipinski definition) is 2. The Kier molecular flexibility index (Phi) is 4.37. The van der Waals surface area contributed by atoms with Crippen molar-refractivity contribution in [3.63, 3.8) is 0 Å². The summed E-state index contributed by atoms with van der Waals surface area (Å²) >= 11 is 0. The molecule has 0 saturated carbocycles. The maximum absolute atomic E-state index is 9.22. The molecule has 130 valence electrons. The van der Waals surface area contributed by atoms with Gasteiger partial charge in [0, 0.05) is 17.8 Å². The van der Waals surface area contributed by atoms with Gasteiger partial charge in [0.1, 0.15) is 5.69 Å². The second-order valence-corrected chi connectivity index (χ2v) is 6.35. The van der Waals surface area contributed by atoms with Crippen molar-refractivity contribution in [1.29, 1.82) is 0 Å². The highest BCUT2D eigenvalue weighted by atomic mass is 16.3. The van der Waals surface area contributed by atoms with Crippen LogP contribution >= 0.6 is 0 Å². The molecule has 0 amide bonds. The van der Waals surface area contributed by atoms with Crippen molar-refractivity contribution in [2.75, 3.05) is 0 Å². The minimum Gasteiger partial charge on any atom is -0.392 e. The first-order chi connectivity index (χ1) is 12.7. The van der Waals surface area contributed by atoms with Crippen molar-refractivity contribution in [3.8, 4) is 22.6 Å². The number of imidazole rings is 1. The van der Waals surface area contributed by atoms with Crippen LogP contribution in [0.15, 0.2) is 67.0 Å². The topological polar surface area (TPSA) is 66.7 Å². The third kappa shape index (κ3) is 3.17. The van der Waals surface area contributed by atoms with Gasteiger partial charge < -0.3 is 9.67 Å². The lowest BCUT2D eigenvalue weighted by atomic mass is 10.1. The van der Waals surface area contributed by atoms with Gasteiger partial charge in [-0.15, -0.1) is 0 Å². The Hall–Kier alpha value is -3.18. The van der Waals surface area contributed by atoms with Gasteiger partial charge in [-0.05, 0) is 24.1 Å². The van der Waals surface area contributed by atoms with Gasteiger partial charge in [0.25, 0.3) is 0 Å². The van der Waals surface area contributed by atoms with E-state index in [9.17, 15) is 5.11 Å². The normalized spacial score (nSPS) is 11.0. The van der Waals surface area contributed by atoms with Crippen molar-refractivity contribution in [2.45, 2.75) is 20.1 Å². The molecule has 2 aromatic heterocycles. The number of nitrogens with one attached hydrogen (secondary N) is 1. The van der Waals surface area contributed by atoms with Crippen LogP contribution in [0.5, 0.6) is 0 Å². The molecule has 0 aliphatic heterocycles. The molecule has 4 aromatic rings. The highest BCUT2D eigenvalue weighted by Gasteiger charge is 2.17. The Morgan fingerprint density at radius 1 is 1.00 bits per heavy atom. The fourth-order valence-corrected chi connectivity index (χ4v) is 3.06. The predicted molar refractivity (Wildman–Crippen MR) is 101 cm³/mol. The highest BCUT2D eigenvalue weighted by Crippen LogP contribution is 2.30. The molecular weight excluding hydrogens is 324 g/mol. The first-order valence-corrected chi connectivity index (χ1v) is 8.56. The van der Waals surface area contributed by atoms with E-state index < -0.39 is 0 Å². The molecule has 0 spiro atoms. The van der Waals surface area contributed by atoms with Gasteiger partial charge in [0.15, 0.2) is 0 Å². The second kappa shape index (κ2) is 6.98. The molecule has 5 nitrogen and oxygen atoms in total. The zero-order valence-electron chi connectivity index (χ0n) is 14.6. The van der Waals surface area contributed by atoms with Crippen LogP contribution in [0, 0.1) is 6.92 Å². The number of aromatic amines is 1. The number of aliphatic hydroxyl groups is 1. The molecule has 0 atom stereocenters. The molecular formula is C21H20N4O. The number of aromatic nitrogens is 4. The maximum atomic E-state index is 9.22. The van der Waals surface area contributed by atoms with E-state index in [0.717, 1.165) is 39.5 Å². The Labute approximate surface area is 152 Å². The summed E-state index contributed by atoms with van der Waals surface area (Å²) in [7, 11) is 0. The molecule has 2 heterocycles. The molecule has 0 saturated heterocycles. The van der Waals surface area contributed by atoms with Gasteiger partial charge in [-0.3, -0.25) is 5.10 Å². The number of H-pyrrole nitrogens is 1. The second-order valence-electron chi connectivity index (χ2n) is 6.35. The third-order valence-electron chi connectivity index (χ3n) is 4.39. The smallest absolute Gasteiger partial charge is 0.111 e. The summed E-state index contributed by atoms with van der Waals surface area (Å²) in [5, 5.41) is 16.7. The quantitative estimate of drug-likeness (QED) is 0.579. The lowest BCUT2D eigenvalue weighted by Crippen LogP contribution is -2.01. The Balaban J connectivity index is 1.78. The van der Waals surface area contributed by atoms with Gasteiger partial charge in [0.05, 0.1) is 24.3 Å². The lowest BCUT2D eigenvalue weighted by molar-refractivity contribution is 0.282. The fourth-order valence-electron chi connectivity index (χ4n) is 3.06. The van der Waals surface area contributed by atoms with Gasteiger partial charge in [-0.2, -0.15) is 5.10 Å². The van der Waals surface area contributed by atoms with Crippen molar-refractivity contribution < 1.29 is 5.11 Å². The number of benzene rings is 2. The standard InChI is InChI=1S/C21H20N4O/c1-15-11-19(24-23-15)21-20(18-5-3-2-4-6-18)22-14-25(21)12-16-7-9-17(13-26)10-8-16/h2-11,14,26H,12-13H2,1H3,(H,23,24). The van der Waals surface area contributed by atoms with E-state index in [1.165, 1.54) is 0 Å². The molecule has 0 radical (unpaired) electrons. The van der Waals surface area contributed by atoms with Gasteiger partial charge >= 0.3 is 0 Å². The van der Waals surface area contributed by atoms with Crippen LogP contribution < -0.4 is 0 Å². The first kappa shape index (κ1) is 16.3. The van der Waals surface area contributed by atoms with Crippen molar-refractivity contribution in [1.82, 2.24) is 19.7 Å². The number of aliphatic hydroxyl groups excluding tert-OH is 1. The molecule has 0 bridgehead atoms. The van der Waals surface area contributed by atoms with Crippen LogP contribution in [-0.4, -0.2) is 24.9 Å². The largest absolute Gasteiger partial charge is 0.392 e. The number of aryl methyl sites for hydroxylation is 1. The van der Waals surface area contributed by atoms with Crippen LogP contribution in [-0.2, 0) is 13.2 Å². The van der Waals surface area contributed by atoms with Gasteiger partial charge in [0.2, 0.25) is 0 Å². The summed E-state index contributed by atoms with van der Waals surface area (Å²) in [5.74, 6) is 0. The van der Waals surface area contributed by atoms with Gasteiger partial charge in [-0.1, -0.05) is 54.6 Å². The summed E-state index contributed by atoms with van der Waals surface area (Å²) in [6.45, 7) is 2.74. The zero-order valence-corrected chi connectivity index (χ0v) is 14.6. The van der Waals surface area contributed by atoms with E-state index in [2.05, 4.69) is 31.9 Å². The number of rotatable bonds is 5. The maximum Gasteiger partial charge on any atom is 0.111 e. The molecule has 0 aliphatic rings. The van der Waals surface area contributed by atoms with Crippen LogP contribution in [0.3, 0.4) is 0 Å². The third-order valence-corrected chi connectivity index (χ3v) is 4.39. The lowest BCUT2D eigenvalue weighted by Gasteiger charge is -2.09. The molecule has 0 fully saturated rings. The molecule has 0 unspecified atom stereocenters. The van der Waals surface area contributed by atoms with Crippen molar-refractivity contribution >= 4 is 0 Å². The van der Waals surface area contributed by atoms with E-state index in [4.69, 9.17) is 0 Å². The van der Waals surface area contributed by atoms with Gasteiger partial charge in [-0.25, -0.2) is 4.98 Å². The molecule has 5 heteroatoms. The Bertz CT molecular complexity index is 1000. The molecule has 4 rings (SSSR count). The van der Waals surface area contributed by atoms with Crippen LogP contribution in [0.2, 0.25) is 0 Å². The van der Waals surface area contributed by atoms with E-state index >= 15 is 0 Å². The summed E-state index contributed by atoms with van der Waals surface area (Å²) in [5.41, 5.74) is 6.93. The number of nitrogens with zero attached hydrogens (tertiary/aromatic N) is 3. The Morgan fingerprint density at radius 3 is 2.38 bits per heavy atom. The molecule has 2 aromatic carbocycles. The number of hydrogen-bond acceptors (Lipinski definition) is 3. The highest BCUT2D eigenvalue weighted by molar-refractivity contribution is 5.76. The van der Waals surface area contributed by atoms with E-state index in [-0.39, 0.29) is 6.61 Å². The monoisotopic (exact) mass is 344 g/mol. The van der Waals surface area contributed by atoms with E-state index in [1.807, 2.05) is 61.8 Å². The SMILES string of the molecule is Cc1cc(-c2c(-c3ccccc3)ncn2Cc2ccc(CO)cc2)n[nH]1. The summed E-state index contributed by atoms with van der Waals surface area (Å²) in [6, 6.07) is 20.2. The Morgan fingerprint density at radius 2 is 1.73 bits per heavy atom. The van der Waals surface area contributed by atoms with Crippen molar-refractivity contribution in [3.05, 3.63) is 83.8 Å². The minimum atomic E-state index is 0.0569. The summed E-state index contributed by atoms with van der Waals surface area (Å²) < 4.78 is 2.12. The van der Waals surface area contributed by atoms with E-state index in [0.29, 0.717) is 6.54 Å². The average Bonchev–Trinajstić information content (AvgIpc) is 3.29. The predicted octanol–water partition coefficient (Wildman–Crippen LogP) is 3.79. The van der Waals surface area contributed by atoms with E-state index in [1.54, 1.807) is 0 Å². The summed E-state index contributed by atoms with van der Waals surface area (Å²) in [4.78, 5) is 4.67. The van der Waals surface area contributed by atoms with Crippen LogP contribution in [0.4, 0.5) is 0 Å². The zero-order chi connectivity index (χ0) is 17.9. The molecule has 26 heavy (non-hydrogen) atoms. The molecule has 2 N–H and O–H groups in total. The summed E-state index contributed by atoms with van der Waals surface area (Å²) in [6.07, 6.45) is 1.86. The first-order valence-electron chi connectivity index (χ1n) is 8.56. The molecule has 0 aliphatic carbocycles. The van der Waals surface area contributed by atoms with Crippen LogP contribution in [0.1, 0.15) is 16.8 Å². The fraction of sp³-hybridized carbons (Fsp3) is 0.143.